The first kappa shape index (κ1) is 16.1. The average molecular weight is 313 g/mol. The summed E-state index contributed by atoms with van der Waals surface area (Å²) in [4.78, 5) is 2.85. The highest BCUT2D eigenvalue weighted by atomic mass is 32.2. The number of hydrogen-bond acceptors (Lipinski definition) is 4. The van der Waals surface area contributed by atoms with Gasteiger partial charge < -0.3 is 10.5 Å². The summed E-state index contributed by atoms with van der Waals surface area (Å²) in [6.07, 6.45) is 10.1. The summed E-state index contributed by atoms with van der Waals surface area (Å²) >= 11 is 2.08. The van der Waals surface area contributed by atoms with E-state index in [0.29, 0.717) is 6.04 Å². The summed E-state index contributed by atoms with van der Waals surface area (Å²) in [7, 11) is 0. The minimum atomic E-state index is 0.213. The molecule has 4 heteroatoms. The van der Waals surface area contributed by atoms with E-state index in [1.165, 1.54) is 69.4 Å². The Morgan fingerprint density at radius 2 is 2.00 bits per heavy atom. The number of hydrogen-bond donors (Lipinski definition) is 1. The Morgan fingerprint density at radius 1 is 1.19 bits per heavy atom. The van der Waals surface area contributed by atoms with Crippen LogP contribution in [0.1, 0.15) is 58.3 Å². The van der Waals surface area contributed by atoms with Crippen LogP contribution in [0.3, 0.4) is 0 Å². The lowest BCUT2D eigenvalue weighted by Gasteiger charge is -2.47. The van der Waals surface area contributed by atoms with Crippen LogP contribution >= 0.6 is 11.8 Å². The molecule has 2 saturated heterocycles. The molecule has 1 aliphatic carbocycles. The molecular formula is C17H32N2OS. The van der Waals surface area contributed by atoms with Crippen molar-refractivity contribution < 1.29 is 4.74 Å². The Kier molecular flexibility index (Phi) is 5.52. The Balaban J connectivity index is 1.65. The van der Waals surface area contributed by atoms with Gasteiger partial charge in [-0.05, 0) is 63.7 Å². The van der Waals surface area contributed by atoms with Crippen molar-refractivity contribution in [1.82, 2.24) is 4.90 Å². The predicted molar refractivity (Wildman–Crippen MR) is 90.9 cm³/mol. The first-order valence-corrected chi connectivity index (χ1v) is 10.1. The predicted octanol–water partition coefficient (Wildman–Crippen LogP) is 3.02. The number of nitrogens with zero attached hydrogens (tertiary/aromatic N) is 1. The highest BCUT2D eigenvalue weighted by molar-refractivity contribution is 7.99. The van der Waals surface area contributed by atoms with Crippen LogP contribution in [0.2, 0.25) is 0 Å². The molecule has 3 rings (SSSR count). The minimum absolute atomic E-state index is 0.213. The fourth-order valence-corrected chi connectivity index (χ4v) is 5.88. The van der Waals surface area contributed by atoms with Crippen molar-refractivity contribution >= 4 is 11.8 Å². The molecule has 0 radical (unpaired) electrons. The maximum Gasteiger partial charge on any atom is 0.0795 e. The third-order valence-electron chi connectivity index (χ3n) is 5.70. The fourth-order valence-electron chi connectivity index (χ4n) is 4.50. The lowest BCUT2D eigenvalue weighted by Crippen LogP contribution is -2.53. The van der Waals surface area contributed by atoms with Gasteiger partial charge in [-0.25, -0.2) is 0 Å². The van der Waals surface area contributed by atoms with E-state index in [-0.39, 0.29) is 5.60 Å². The zero-order valence-electron chi connectivity index (χ0n) is 13.6. The van der Waals surface area contributed by atoms with Crippen LogP contribution in [0, 0.1) is 0 Å². The summed E-state index contributed by atoms with van der Waals surface area (Å²) in [6.45, 7) is 4.55. The van der Waals surface area contributed by atoms with Crippen LogP contribution in [0.4, 0.5) is 0 Å². The van der Waals surface area contributed by atoms with E-state index >= 15 is 0 Å². The van der Waals surface area contributed by atoms with Gasteiger partial charge in [-0.3, -0.25) is 4.90 Å². The summed E-state index contributed by atoms with van der Waals surface area (Å²) in [6, 6.07) is 1.98. The first-order valence-electron chi connectivity index (χ1n) is 8.95. The largest absolute Gasteiger partial charge is 0.374 e. The Hall–Kier alpha value is 0.230. The molecule has 0 aromatic heterocycles. The van der Waals surface area contributed by atoms with Gasteiger partial charge >= 0.3 is 0 Å². The summed E-state index contributed by atoms with van der Waals surface area (Å²) in [5.41, 5.74) is 6.32. The molecular weight excluding hydrogens is 280 g/mol. The van der Waals surface area contributed by atoms with E-state index in [2.05, 4.69) is 23.6 Å². The first-order chi connectivity index (χ1) is 10.2. The molecule has 2 unspecified atom stereocenters. The van der Waals surface area contributed by atoms with Crippen molar-refractivity contribution in [2.75, 3.05) is 24.7 Å². The van der Waals surface area contributed by atoms with Gasteiger partial charge in [0, 0.05) is 30.5 Å². The second kappa shape index (κ2) is 7.20. The fraction of sp³-hybridized carbons (Fsp3) is 1.00. The van der Waals surface area contributed by atoms with E-state index in [1.54, 1.807) is 0 Å². The molecule has 3 nitrogen and oxygen atoms in total. The minimum Gasteiger partial charge on any atom is -0.374 e. The van der Waals surface area contributed by atoms with Crippen molar-refractivity contribution in [2.45, 2.75) is 82.0 Å². The monoisotopic (exact) mass is 312 g/mol. The topological polar surface area (TPSA) is 38.5 Å². The summed E-state index contributed by atoms with van der Waals surface area (Å²) in [5.74, 6) is 2.51. The van der Waals surface area contributed by atoms with Crippen molar-refractivity contribution in [2.24, 2.45) is 5.73 Å². The van der Waals surface area contributed by atoms with Gasteiger partial charge in [0.15, 0.2) is 0 Å². The van der Waals surface area contributed by atoms with Gasteiger partial charge in [0.25, 0.3) is 0 Å². The van der Waals surface area contributed by atoms with Crippen molar-refractivity contribution in [3.05, 3.63) is 0 Å². The molecule has 1 spiro atoms. The van der Waals surface area contributed by atoms with E-state index in [9.17, 15) is 0 Å². The van der Waals surface area contributed by atoms with Crippen molar-refractivity contribution in [1.29, 1.82) is 0 Å². The zero-order chi connectivity index (χ0) is 14.7. The van der Waals surface area contributed by atoms with Crippen LogP contribution in [-0.4, -0.2) is 53.3 Å². The third kappa shape index (κ3) is 3.77. The maximum absolute atomic E-state index is 6.22. The number of thioether (sulfide) groups is 1. The molecule has 1 saturated carbocycles. The molecule has 2 heterocycles. The smallest absolute Gasteiger partial charge is 0.0795 e. The van der Waals surface area contributed by atoms with Crippen LogP contribution < -0.4 is 5.73 Å². The lowest BCUT2D eigenvalue weighted by atomic mass is 9.85. The number of nitrogens with two attached hydrogens (primary N) is 1. The molecule has 0 amide bonds. The molecule has 0 aromatic rings. The Morgan fingerprint density at radius 3 is 2.67 bits per heavy atom. The molecule has 3 aliphatic rings. The molecule has 122 valence electrons. The van der Waals surface area contributed by atoms with Gasteiger partial charge in [-0.1, -0.05) is 6.92 Å². The van der Waals surface area contributed by atoms with Gasteiger partial charge in [-0.15, -0.1) is 0 Å². The highest BCUT2D eigenvalue weighted by Gasteiger charge is 2.43. The van der Waals surface area contributed by atoms with Crippen LogP contribution in [0.25, 0.3) is 0 Å². The Bertz CT molecular complexity index is 325. The van der Waals surface area contributed by atoms with Gasteiger partial charge in [-0.2, -0.15) is 11.8 Å². The van der Waals surface area contributed by atoms with Crippen LogP contribution in [0.5, 0.6) is 0 Å². The van der Waals surface area contributed by atoms with Gasteiger partial charge in [0.1, 0.15) is 0 Å². The van der Waals surface area contributed by atoms with Crippen LogP contribution in [0.15, 0.2) is 0 Å². The quantitative estimate of drug-likeness (QED) is 0.866. The van der Waals surface area contributed by atoms with E-state index in [0.717, 1.165) is 18.7 Å². The van der Waals surface area contributed by atoms with Crippen LogP contribution in [-0.2, 0) is 4.74 Å². The molecule has 0 aromatic carbocycles. The maximum atomic E-state index is 6.22. The molecule has 0 bridgehead atoms. The van der Waals surface area contributed by atoms with Gasteiger partial charge in [0.05, 0.1) is 5.60 Å². The van der Waals surface area contributed by atoms with E-state index < -0.39 is 0 Å². The molecule has 2 atom stereocenters. The third-order valence-corrected chi connectivity index (χ3v) is 6.92. The van der Waals surface area contributed by atoms with Gasteiger partial charge in [0.2, 0.25) is 0 Å². The lowest BCUT2D eigenvalue weighted by molar-refractivity contribution is -0.0972. The SMILES string of the molecule is CCCN(C1CCC(N)CC1)C1CCOC2(CCSC2)C1. The molecule has 21 heavy (non-hydrogen) atoms. The summed E-state index contributed by atoms with van der Waals surface area (Å²) < 4.78 is 6.22. The zero-order valence-corrected chi connectivity index (χ0v) is 14.4. The molecule has 3 fully saturated rings. The number of ether oxygens (including phenoxy) is 1. The number of rotatable bonds is 4. The Labute approximate surface area is 134 Å². The standard InChI is InChI=1S/C17H32N2OS/c1-2-9-19(15-5-3-14(18)4-6-15)16-7-10-20-17(12-16)8-11-21-13-17/h14-16H,2-13,18H2,1H3. The van der Waals surface area contributed by atoms with Crippen molar-refractivity contribution in [3.63, 3.8) is 0 Å². The van der Waals surface area contributed by atoms with Crippen molar-refractivity contribution in [3.8, 4) is 0 Å². The normalized spacial score (nSPS) is 41.0. The second-order valence-corrected chi connectivity index (χ2v) is 8.39. The second-order valence-electron chi connectivity index (χ2n) is 7.29. The molecule has 2 N–H and O–H groups in total. The summed E-state index contributed by atoms with van der Waals surface area (Å²) in [5, 5.41) is 0. The highest BCUT2D eigenvalue weighted by Crippen LogP contribution is 2.40. The molecule has 2 aliphatic heterocycles. The van der Waals surface area contributed by atoms with E-state index in [4.69, 9.17) is 10.5 Å². The average Bonchev–Trinajstić information content (AvgIpc) is 2.94. The van der Waals surface area contributed by atoms with E-state index in [1.807, 2.05) is 0 Å².